The lowest BCUT2D eigenvalue weighted by Gasteiger charge is -2.02. The van der Waals surface area contributed by atoms with Gasteiger partial charge in [-0.25, -0.2) is 0 Å². The molecule has 1 aliphatic heterocycles. The number of rotatable bonds is 4. The molecule has 0 amide bonds. The Morgan fingerprint density at radius 1 is 1.35 bits per heavy atom. The van der Waals surface area contributed by atoms with E-state index in [2.05, 4.69) is 15.5 Å². The molecule has 1 aromatic heterocycles. The summed E-state index contributed by atoms with van der Waals surface area (Å²) in [7, 11) is 1.66. The van der Waals surface area contributed by atoms with Gasteiger partial charge in [-0.3, -0.25) is 0 Å². The minimum absolute atomic E-state index is 0. The van der Waals surface area contributed by atoms with Gasteiger partial charge in [0.05, 0.1) is 13.2 Å². The molecule has 108 valence electrons. The van der Waals surface area contributed by atoms with Crippen LogP contribution in [0.2, 0.25) is 0 Å². The molecule has 1 fully saturated rings. The first-order chi connectivity index (χ1) is 9.35. The lowest BCUT2D eigenvalue weighted by atomic mass is 10.1. The van der Waals surface area contributed by atoms with Crippen molar-refractivity contribution in [1.82, 2.24) is 15.5 Å². The monoisotopic (exact) mass is 295 g/mol. The molecular weight excluding hydrogens is 278 g/mol. The van der Waals surface area contributed by atoms with Crippen LogP contribution in [0.25, 0.3) is 0 Å². The summed E-state index contributed by atoms with van der Waals surface area (Å²) in [5.41, 5.74) is 1.15. The number of hydrogen-bond donors (Lipinski definition) is 1. The van der Waals surface area contributed by atoms with Gasteiger partial charge in [-0.05, 0) is 37.1 Å². The van der Waals surface area contributed by atoms with Crippen LogP contribution in [-0.4, -0.2) is 23.8 Å². The SMILES string of the molecule is COc1ccc(Cc2noc([C@@H]3CCCN3)n2)cc1.Cl. The number of halogens is 1. The number of benzene rings is 1. The Bertz CT molecular complexity index is 536. The van der Waals surface area contributed by atoms with Crippen LogP contribution in [0.5, 0.6) is 5.75 Å². The number of ether oxygens (including phenoxy) is 1. The van der Waals surface area contributed by atoms with E-state index in [1.54, 1.807) is 7.11 Å². The van der Waals surface area contributed by atoms with Crippen LogP contribution in [-0.2, 0) is 6.42 Å². The molecule has 1 aliphatic rings. The second kappa shape index (κ2) is 6.72. The molecule has 1 atom stereocenters. The third kappa shape index (κ3) is 3.29. The average molecular weight is 296 g/mol. The summed E-state index contributed by atoms with van der Waals surface area (Å²) < 4.78 is 10.5. The first kappa shape index (κ1) is 14.8. The molecule has 0 radical (unpaired) electrons. The predicted molar refractivity (Wildman–Crippen MR) is 77.3 cm³/mol. The van der Waals surface area contributed by atoms with Gasteiger partial charge >= 0.3 is 0 Å². The Balaban J connectivity index is 0.00000147. The van der Waals surface area contributed by atoms with E-state index in [1.165, 1.54) is 6.42 Å². The normalized spacial score (nSPS) is 17.8. The van der Waals surface area contributed by atoms with E-state index in [0.29, 0.717) is 12.3 Å². The van der Waals surface area contributed by atoms with Crippen molar-refractivity contribution in [1.29, 1.82) is 0 Å². The second-order valence-electron chi connectivity index (χ2n) is 4.72. The molecule has 2 aromatic rings. The molecule has 0 saturated carbocycles. The van der Waals surface area contributed by atoms with Gasteiger partial charge in [0.1, 0.15) is 5.75 Å². The maximum Gasteiger partial charge on any atom is 0.243 e. The number of nitrogens with zero attached hydrogens (tertiary/aromatic N) is 2. The van der Waals surface area contributed by atoms with E-state index >= 15 is 0 Å². The van der Waals surface area contributed by atoms with Crippen LogP contribution in [0.15, 0.2) is 28.8 Å². The van der Waals surface area contributed by atoms with E-state index in [-0.39, 0.29) is 18.4 Å². The number of aromatic nitrogens is 2. The van der Waals surface area contributed by atoms with Gasteiger partial charge in [-0.15, -0.1) is 12.4 Å². The molecule has 0 bridgehead atoms. The fraction of sp³-hybridized carbons (Fsp3) is 0.429. The van der Waals surface area contributed by atoms with Crippen LogP contribution in [0.4, 0.5) is 0 Å². The standard InChI is InChI=1S/C14H17N3O2.ClH/c1-18-11-6-4-10(5-7-11)9-13-16-14(19-17-13)12-3-2-8-15-12;/h4-7,12,15H,2-3,8-9H2,1H3;1H/t12-;/m0./s1. The maximum absolute atomic E-state index is 5.32. The summed E-state index contributed by atoms with van der Waals surface area (Å²) in [6.45, 7) is 1.03. The second-order valence-corrected chi connectivity index (χ2v) is 4.72. The molecule has 6 heteroatoms. The summed E-state index contributed by atoms with van der Waals surface area (Å²) in [6.07, 6.45) is 2.92. The molecule has 2 heterocycles. The van der Waals surface area contributed by atoms with Crippen LogP contribution < -0.4 is 10.1 Å². The third-order valence-corrected chi connectivity index (χ3v) is 3.36. The number of nitrogens with one attached hydrogen (secondary N) is 1. The van der Waals surface area contributed by atoms with Gasteiger partial charge in [-0.2, -0.15) is 4.98 Å². The van der Waals surface area contributed by atoms with Crippen LogP contribution in [0, 0.1) is 0 Å². The summed E-state index contributed by atoms with van der Waals surface area (Å²) in [4.78, 5) is 4.46. The largest absolute Gasteiger partial charge is 0.497 e. The van der Waals surface area contributed by atoms with Gasteiger partial charge in [0.15, 0.2) is 5.82 Å². The van der Waals surface area contributed by atoms with Gasteiger partial charge in [0.25, 0.3) is 0 Å². The molecule has 0 spiro atoms. The third-order valence-electron chi connectivity index (χ3n) is 3.36. The van der Waals surface area contributed by atoms with E-state index in [1.807, 2.05) is 24.3 Å². The summed E-state index contributed by atoms with van der Waals surface area (Å²) in [5.74, 6) is 2.29. The summed E-state index contributed by atoms with van der Waals surface area (Å²) in [6, 6.07) is 8.15. The minimum Gasteiger partial charge on any atom is -0.497 e. The Labute approximate surface area is 124 Å². The minimum atomic E-state index is 0. The molecule has 0 aliphatic carbocycles. The van der Waals surface area contributed by atoms with Gasteiger partial charge in [0.2, 0.25) is 5.89 Å². The highest BCUT2D eigenvalue weighted by Crippen LogP contribution is 2.21. The highest BCUT2D eigenvalue weighted by molar-refractivity contribution is 5.85. The van der Waals surface area contributed by atoms with Crippen molar-refractivity contribution in [3.05, 3.63) is 41.5 Å². The molecule has 1 N–H and O–H groups in total. The van der Waals surface area contributed by atoms with Gasteiger partial charge < -0.3 is 14.6 Å². The van der Waals surface area contributed by atoms with Gasteiger partial charge in [-0.1, -0.05) is 17.3 Å². The fourth-order valence-electron chi connectivity index (χ4n) is 2.30. The molecule has 3 rings (SSSR count). The summed E-state index contributed by atoms with van der Waals surface area (Å²) >= 11 is 0. The van der Waals surface area contributed by atoms with Crippen LogP contribution in [0.3, 0.4) is 0 Å². The van der Waals surface area contributed by atoms with Gasteiger partial charge in [0, 0.05) is 6.42 Å². The zero-order valence-electron chi connectivity index (χ0n) is 11.3. The summed E-state index contributed by atoms with van der Waals surface area (Å²) in [5, 5.41) is 7.39. The Kier molecular flexibility index (Phi) is 4.98. The smallest absolute Gasteiger partial charge is 0.243 e. The Morgan fingerprint density at radius 2 is 2.15 bits per heavy atom. The van der Waals surface area contributed by atoms with E-state index in [0.717, 1.165) is 30.1 Å². The zero-order valence-corrected chi connectivity index (χ0v) is 12.2. The molecular formula is C14H18ClN3O2. The van der Waals surface area contributed by atoms with Crippen LogP contribution in [0.1, 0.15) is 36.2 Å². The van der Waals surface area contributed by atoms with E-state index < -0.39 is 0 Å². The predicted octanol–water partition coefficient (Wildman–Crippen LogP) is 2.52. The number of methoxy groups -OCH3 is 1. The Hall–Kier alpha value is -1.59. The van der Waals surface area contributed by atoms with Crippen molar-refractivity contribution in [3.63, 3.8) is 0 Å². The molecule has 1 saturated heterocycles. The fourth-order valence-corrected chi connectivity index (χ4v) is 2.30. The van der Waals surface area contributed by atoms with Crippen molar-refractivity contribution in [3.8, 4) is 5.75 Å². The average Bonchev–Trinajstić information content (AvgIpc) is 3.10. The first-order valence-corrected chi connectivity index (χ1v) is 6.54. The van der Waals surface area contributed by atoms with Crippen molar-refractivity contribution in [2.24, 2.45) is 0 Å². The topological polar surface area (TPSA) is 60.2 Å². The highest BCUT2D eigenvalue weighted by atomic mass is 35.5. The van der Waals surface area contributed by atoms with E-state index in [9.17, 15) is 0 Å². The maximum atomic E-state index is 5.32. The molecule has 20 heavy (non-hydrogen) atoms. The van der Waals surface area contributed by atoms with Crippen LogP contribution >= 0.6 is 12.4 Å². The van der Waals surface area contributed by atoms with E-state index in [4.69, 9.17) is 9.26 Å². The lowest BCUT2D eigenvalue weighted by Crippen LogP contribution is -2.13. The molecule has 0 unspecified atom stereocenters. The molecule has 5 nitrogen and oxygen atoms in total. The highest BCUT2D eigenvalue weighted by Gasteiger charge is 2.22. The quantitative estimate of drug-likeness (QED) is 0.939. The zero-order chi connectivity index (χ0) is 13.1. The van der Waals surface area contributed by atoms with Crippen molar-refractivity contribution < 1.29 is 9.26 Å². The van der Waals surface area contributed by atoms with Crippen molar-refractivity contribution in [2.45, 2.75) is 25.3 Å². The van der Waals surface area contributed by atoms with Crippen molar-refractivity contribution >= 4 is 12.4 Å². The molecule has 1 aromatic carbocycles. The first-order valence-electron chi connectivity index (χ1n) is 6.54. The Morgan fingerprint density at radius 3 is 2.80 bits per heavy atom. The lowest BCUT2D eigenvalue weighted by molar-refractivity contribution is 0.341. The van der Waals surface area contributed by atoms with Crippen molar-refractivity contribution in [2.75, 3.05) is 13.7 Å². The number of hydrogen-bond acceptors (Lipinski definition) is 5.